The van der Waals surface area contributed by atoms with E-state index in [2.05, 4.69) is 19.2 Å². The lowest BCUT2D eigenvalue weighted by Crippen LogP contribution is -2.28. The van der Waals surface area contributed by atoms with Crippen LogP contribution in [0.2, 0.25) is 5.02 Å². The number of benzene rings is 1. The van der Waals surface area contributed by atoms with Gasteiger partial charge in [0.1, 0.15) is 0 Å². The Bertz CT molecular complexity index is 318. The van der Waals surface area contributed by atoms with Gasteiger partial charge in [-0.15, -0.1) is 11.8 Å². The molecule has 0 saturated heterocycles. The molecule has 0 aliphatic rings. The third-order valence-electron chi connectivity index (χ3n) is 2.66. The van der Waals surface area contributed by atoms with Crippen molar-refractivity contribution in [3.63, 3.8) is 0 Å². The molecule has 0 aromatic heterocycles. The van der Waals surface area contributed by atoms with Gasteiger partial charge in [0.15, 0.2) is 0 Å². The van der Waals surface area contributed by atoms with Crippen LogP contribution >= 0.6 is 23.4 Å². The summed E-state index contributed by atoms with van der Waals surface area (Å²) in [7, 11) is 0. The van der Waals surface area contributed by atoms with Gasteiger partial charge in [-0.1, -0.05) is 18.5 Å². The molecule has 1 N–H and O–H groups in total. The van der Waals surface area contributed by atoms with E-state index < -0.39 is 0 Å². The zero-order chi connectivity index (χ0) is 13.2. The van der Waals surface area contributed by atoms with E-state index in [1.165, 1.54) is 4.90 Å². The Morgan fingerprint density at radius 1 is 1.28 bits per heavy atom. The van der Waals surface area contributed by atoms with Crippen LogP contribution in [0, 0.1) is 0 Å². The molecule has 0 aliphatic carbocycles. The van der Waals surface area contributed by atoms with Gasteiger partial charge in [0.2, 0.25) is 0 Å². The summed E-state index contributed by atoms with van der Waals surface area (Å²) in [6, 6.07) is 8.49. The molecule has 1 rings (SSSR count). The van der Waals surface area contributed by atoms with E-state index in [4.69, 9.17) is 16.3 Å². The van der Waals surface area contributed by atoms with Gasteiger partial charge in [-0.25, -0.2) is 0 Å². The lowest BCUT2D eigenvalue weighted by molar-refractivity contribution is 0.149. The van der Waals surface area contributed by atoms with Gasteiger partial charge >= 0.3 is 0 Å². The topological polar surface area (TPSA) is 21.3 Å². The molecule has 0 bridgehead atoms. The van der Waals surface area contributed by atoms with Crippen molar-refractivity contribution in [1.29, 1.82) is 0 Å². The van der Waals surface area contributed by atoms with Gasteiger partial charge in [-0.05, 0) is 37.6 Å². The average Bonchev–Trinajstić information content (AvgIpc) is 2.39. The van der Waals surface area contributed by atoms with Crippen molar-refractivity contribution in [2.45, 2.75) is 31.2 Å². The number of hydrogen-bond acceptors (Lipinski definition) is 3. The van der Waals surface area contributed by atoms with Gasteiger partial charge in [0.05, 0.1) is 13.2 Å². The first-order chi connectivity index (χ1) is 8.72. The van der Waals surface area contributed by atoms with E-state index in [1.807, 2.05) is 24.3 Å². The molecule has 0 fully saturated rings. The molecule has 1 aromatic rings. The monoisotopic (exact) mass is 287 g/mol. The van der Waals surface area contributed by atoms with E-state index in [-0.39, 0.29) is 0 Å². The fourth-order valence-corrected chi connectivity index (χ4v) is 2.26. The van der Waals surface area contributed by atoms with Crippen LogP contribution in [0.4, 0.5) is 0 Å². The predicted octanol–water partition coefficient (Wildman–Crippen LogP) is 3.84. The summed E-state index contributed by atoms with van der Waals surface area (Å²) < 4.78 is 5.56. The smallest absolute Gasteiger partial charge is 0.0591 e. The molecule has 4 heteroatoms. The second kappa shape index (κ2) is 9.68. The first kappa shape index (κ1) is 15.8. The lowest BCUT2D eigenvalue weighted by atomic mass is 10.3. The molecule has 2 nitrogen and oxygen atoms in total. The number of hydrogen-bond donors (Lipinski definition) is 1. The van der Waals surface area contributed by atoms with E-state index in [1.54, 1.807) is 11.8 Å². The zero-order valence-corrected chi connectivity index (χ0v) is 12.7. The molecule has 18 heavy (non-hydrogen) atoms. The summed E-state index contributed by atoms with van der Waals surface area (Å²) in [5, 5.41) is 4.18. The van der Waals surface area contributed by atoms with Crippen molar-refractivity contribution >= 4 is 23.4 Å². The van der Waals surface area contributed by atoms with Crippen LogP contribution in [0.25, 0.3) is 0 Å². The Morgan fingerprint density at radius 3 is 2.67 bits per heavy atom. The van der Waals surface area contributed by atoms with Crippen LogP contribution in [0.5, 0.6) is 0 Å². The van der Waals surface area contributed by atoms with E-state index in [0.717, 1.165) is 37.0 Å². The van der Waals surface area contributed by atoms with Crippen molar-refractivity contribution in [2.75, 3.05) is 25.5 Å². The Morgan fingerprint density at radius 2 is 2.00 bits per heavy atom. The van der Waals surface area contributed by atoms with Crippen LogP contribution in [0.1, 0.15) is 20.3 Å². The highest BCUT2D eigenvalue weighted by atomic mass is 35.5. The largest absolute Gasteiger partial charge is 0.379 e. The maximum atomic E-state index is 5.83. The van der Waals surface area contributed by atoms with Crippen LogP contribution in [-0.4, -0.2) is 31.6 Å². The summed E-state index contributed by atoms with van der Waals surface area (Å²) in [5.74, 6) is 0.977. The summed E-state index contributed by atoms with van der Waals surface area (Å²) in [4.78, 5) is 1.24. The fourth-order valence-electron chi connectivity index (χ4n) is 1.37. The summed E-state index contributed by atoms with van der Waals surface area (Å²) in [6.45, 7) is 6.87. The van der Waals surface area contributed by atoms with Crippen molar-refractivity contribution in [3.05, 3.63) is 29.3 Å². The highest BCUT2D eigenvalue weighted by Crippen LogP contribution is 2.19. The van der Waals surface area contributed by atoms with E-state index in [0.29, 0.717) is 6.04 Å². The second-order valence-electron chi connectivity index (χ2n) is 4.18. The minimum Gasteiger partial charge on any atom is -0.379 e. The second-order valence-corrected chi connectivity index (χ2v) is 5.78. The molecule has 102 valence electrons. The maximum Gasteiger partial charge on any atom is 0.0591 e. The van der Waals surface area contributed by atoms with Gasteiger partial charge in [-0.3, -0.25) is 0 Å². The third kappa shape index (κ3) is 7.27. The number of rotatable bonds is 9. The maximum absolute atomic E-state index is 5.83. The van der Waals surface area contributed by atoms with Crippen molar-refractivity contribution in [3.8, 4) is 0 Å². The first-order valence-electron chi connectivity index (χ1n) is 6.42. The van der Waals surface area contributed by atoms with Gasteiger partial charge in [0, 0.05) is 28.3 Å². The van der Waals surface area contributed by atoms with Gasteiger partial charge in [0.25, 0.3) is 0 Å². The SMILES string of the molecule is CC[C@H](C)NCCOCCSc1ccc(Cl)cc1. The minimum atomic E-state index is 0.581. The fraction of sp³-hybridized carbons (Fsp3) is 0.571. The molecule has 0 aliphatic heterocycles. The highest BCUT2D eigenvalue weighted by molar-refractivity contribution is 7.99. The number of ether oxygens (including phenoxy) is 1. The first-order valence-corrected chi connectivity index (χ1v) is 7.78. The Kier molecular flexibility index (Phi) is 8.51. The molecule has 0 amide bonds. The molecule has 0 unspecified atom stereocenters. The van der Waals surface area contributed by atoms with Crippen molar-refractivity contribution in [2.24, 2.45) is 0 Å². The number of halogens is 1. The Labute approximate surface area is 119 Å². The van der Waals surface area contributed by atoms with Gasteiger partial charge < -0.3 is 10.1 Å². The standard InChI is InChI=1S/C14H22ClNOS/c1-3-12(2)16-8-9-17-10-11-18-14-6-4-13(15)5-7-14/h4-7,12,16H,3,8-11H2,1-2H3/t12-/m0/s1. The zero-order valence-electron chi connectivity index (χ0n) is 11.1. The predicted molar refractivity (Wildman–Crippen MR) is 80.8 cm³/mol. The quantitative estimate of drug-likeness (QED) is 0.551. The van der Waals surface area contributed by atoms with Crippen LogP contribution in [0.3, 0.4) is 0 Å². The van der Waals surface area contributed by atoms with E-state index >= 15 is 0 Å². The average molecular weight is 288 g/mol. The molecular formula is C14H22ClNOS. The van der Waals surface area contributed by atoms with Crippen LogP contribution < -0.4 is 5.32 Å². The van der Waals surface area contributed by atoms with E-state index in [9.17, 15) is 0 Å². The van der Waals surface area contributed by atoms with Crippen molar-refractivity contribution < 1.29 is 4.74 Å². The summed E-state index contributed by atoms with van der Waals surface area (Å²) in [6.07, 6.45) is 1.16. The number of nitrogens with one attached hydrogen (secondary N) is 1. The Balaban J connectivity index is 1.97. The highest BCUT2D eigenvalue weighted by Gasteiger charge is 1.97. The van der Waals surface area contributed by atoms with Crippen molar-refractivity contribution in [1.82, 2.24) is 5.32 Å². The molecule has 0 spiro atoms. The molecule has 1 atom stereocenters. The lowest BCUT2D eigenvalue weighted by Gasteiger charge is -2.11. The Hall–Kier alpha value is -0.220. The summed E-state index contributed by atoms with van der Waals surface area (Å²) >= 11 is 7.62. The normalized spacial score (nSPS) is 12.6. The summed E-state index contributed by atoms with van der Waals surface area (Å²) in [5.41, 5.74) is 0. The molecule has 0 heterocycles. The van der Waals surface area contributed by atoms with Crippen LogP contribution in [-0.2, 0) is 4.74 Å². The molecule has 0 radical (unpaired) electrons. The molecule has 1 aromatic carbocycles. The van der Waals surface area contributed by atoms with Gasteiger partial charge in [-0.2, -0.15) is 0 Å². The third-order valence-corrected chi connectivity index (χ3v) is 3.89. The minimum absolute atomic E-state index is 0.581. The van der Waals surface area contributed by atoms with Crippen LogP contribution in [0.15, 0.2) is 29.2 Å². The number of thioether (sulfide) groups is 1. The molecule has 0 saturated carbocycles. The molecular weight excluding hydrogens is 266 g/mol.